The number of hydrogen-bond acceptors (Lipinski definition) is 2. The van der Waals surface area contributed by atoms with Crippen molar-refractivity contribution in [3.05, 3.63) is 34.3 Å². The Bertz CT molecular complexity index is 486. The summed E-state index contributed by atoms with van der Waals surface area (Å²) in [6.07, 6.45) is 4.84. The van der Waals surface area contributed by atoms with E-state index < -0.39 is 0 Å². The summed E-state index contributed by atoms with van der Waals surface area (Å²) in [5.41, 5.74) is 9.04. The Morgan fingerprint density at radius 2 is 1.95 bits per heavy atom. The van der Waals surface area contributed by atoms with Crippen molar-refractivity contribution in [1.29, 1.82) is 0 Å². The van der Waals surface area contributed by atoms with Crippen molar-refractivity contribution >= 4 is 11.6 Å². The Morgan fingerprint density at radius 3 is 2.45 bits per heavy atom. The van der Waals surface area contributed by atoms with Crippen molar-refractivity contribution in [3.8, 4) is 0 Å². The molecule has 1 aromatic rings. The van der Waals surface area contributed by atoms with Crippen LogP contribution >= 0.6 is 11.6 Å². The van der Waals surface area contributed by atoms with Crippen LogP contribution in [0.2, 0.25) is 5.02 Å². The zero-order valence-corrected chi connectivity index (χ0v) is 13.3. The van der Waals surface area contributed by atoms with E-state index in [2.05, 4.69) is 37.1 Å². The van der Waals surface area contributed by atoms with Gasteiger partial charge in [-0.25, -0.2) is 0 Å². The Balaban J connectivity index is 1.82. The molecule has 1 aliphatic carbocycles. The monoisotopic (exact) mass is 292 g/mol. The molecule has 20 heavy (non-hydrogen) atoms. The lowest BCUT2D eigenvalue weighted by Crippen LogP contribution is -2.31. The number of likely N-dealkylation sites (tertiary alicyclic amines) is 1. The first-order chi connectivity index (χ1) is 9.53. The average Bonchev–Trinajstić information content (AvgIpc) is 3.21. The van der Waals surface area contributed by atoms with Gasteiger partial charge in [-0.05, 0) is 75.9 Å². The van der Waals surface area contributed by atoms with Gasteiger partial charge in [0, 0.05) is 16.5 Å². The van der Waals surface area contributed by atoms with E-state index in [1.807, 2.05) is 0 Å². The molecule has 0 amide bonds. The van der Waals surface area contributed by atoms with Crippen LogP contribution in [0.15, 0.2) is 18.2 Å². The quantitative estimate of drug-likeness (QED) is 0.923. The molecule has 1 aliphatic heterocycles. The molecule has 0 bridgehead atoms. The standard InChI is InChI=1S/C17H25ClN2/c1-12(19)17(7-8-17)14-3-4-15(16(18)11-14)13-5-9-20(2)10-6-13/h3-4,11-13H,5-10,19H2,1-2H3. The van der Waals surface area contributed by atoms with Gasteiger partial charge in [0.25, 0.3) is 0 Å². The molecule has 2 N–H and O–H groups in total. The Hall–Kier alpha value is -0.570. The van der Waals surface area contributed by atoms with Crippen molar-refractivity contribution in [1.82, 2.24) is 4.90 Å². The van der Waals surface area contributed by atoms with Gasteiger partial charge in [-0.15, -0.1) is 0 Å². The van der Waals surface area contributed by atoms with Crippen LogP contribution in [0.4, 0.5) is 0 Å². The summed E-state index contributed by atoms with van der Waals surface area (Å²) >= 11 is 6.58. The molecule has 2 nitrogen and oxygen atoms in total. The second kappa shape index (κ2) is 5.32. The van der Waals surface area contributed by atoms with Gasteiger partial charge in [-0.3, -0.25) is 0 Å². The number of hydrogen-bond donors (Lipinski definition) is 1. The van der Waals surface area contributed by atoms with Crippen LogP contribution in [0, 0.1) is 0 Å². The highest BCUT2D eigenvalue weighted by Gasteiger charge is 2.47. The minimum atomic E-state index is 0.203. The molecule has 0 spiro atoms. The summed E-state index contributed by atoms with van der Waals surface area (Å²) in [5.74, 6) is 0.623. The maximum absolute atomic E-state index is 6.58. The summed E-state index contributed by atoms with van der Waals surface area (Å²) in [7, 11) is 2.19. The molecule has 1 saturated heterocycles. The Labute approximate surface area is 127 Å². The van der Waals surface area contributed by atoms with E-state index in [-0.39, 0.29) is 11.5 Å². The lowest BCUT2D eigenvalue weighted by atomic mass is 9.85. The Morgan fingerprint density at radius 1 is 1.30 bits per heavy atom. The smallest absolute Gasteiger partial charge is 0.0443 e. The van der Waals surface area contributed by atoms with Crippen LogP contribution in [0.3, 0.4) is 0 Å². The molecule has 2 fully saturated rings. The van der Waals surface area contributed by atoms with Crippen LogP contribution in [-0.4, -0.2) is 31.1 Å². The van der Waals surface area contributed by atoms with E-state index in [9.17, 15) is 0 Å². The predicted octanol–water partition coefficient (Wildman–Crippen LogP) is 3.53. The lowest BCUT2D eigenvalue weighted by molar-refractivity contribution is 0.255. The molecule has 2 aliphatic rings. The summed E-state index contributed by atoms with van der Waals surface area (Å²) < 4.78 is 0. The van der Waals surface area contributed by atoms with Crippen molar-refractivity contribution < 1.29 is 0 Å². The van der Waals surface area contributed by atoms with Crippen molar-refractivity contribution in [3.63, 3.8) is 0 Å². The highest BCUT2D eigenvalue weighted by molar-refractivity contribution is 6.31. The zero-order chi connectivity index (χ0) is 14.3. The van der Waals surface area contributed by atoms with E-state index in [1.165, 1.54) is 49.9 Å². The van der Waals surface area contributed by atoms with E-state index in [1.54, 1.807) is 0 Å². The van der Waals surface area contributed by atoms with Gasteiger partial charge in [-0.1, -0.05) is 23.7 Å². The van der Waals surface area contributed by atoms with Gasteiger partial charge in [0.1, 0.15) is 0 Å². The number of rotatable bonds is 3. The minimum Gasteiger partial charge on any atom is -0.327 e. The van der Waals surface area contributed by atoms with Crippen molar-refractivity contribution in [2.24, 2.45) is 5.73 Å². The summed E-state index contributed by atoms with van der Waals surface area (Å²) in [5, 5.41) is 0.948. The maximum Gasteiger partial charge on any atom is 0.0443 e. The van der Waals surface area contributed by atoms with Crippen molar-refractivity contribution in [2.75, 3.05) is 20.1 Å². The van der Waals surface area contributed by atoms with Crippen LogP contribution in [0.25, 0.3) is 0 Å². The lowest BCUT2D eigenvalue weighted by Gasteiger charge is -2.30. The third-order valence-corrected chi connectivity index (χ3v) is 5.72. The first-order valence-electron chi connectivity index (χ1n) is 7.77. The maximum atomic E-state index is 6.58. The molecule has 3 rings (SSSR count). The van der Waals surface area contributed by atoms with Gasteiger partial charge in [0.2, 0.25) is 0 Å². The number of nitrogens with zero attached hydrogens (tertiary/aromatic N) is 1. The van der Waals surface area contributed by atoms with E-state index in [0.717, 1.165) is 5.02 Å². The van der Waals surface area contributed by atoms with Crippen LogP contribution in [0.5, 0.6) is 0 Å². The fourth-order valence-electron chi connectivity index (χ4n) is 3.63. The first kappa shape index (κ1) is 14.4. The second-order valence-electron chi connectivity index (χ2n) is 6.76. The summed E-state index contributed by atoms with van der Waals surface area (Å²) in [4.78, 5) is 2.40. The van der Waals surface area contributed by atoms with Crippen LogP contribution < -0.4 is 5.73 Å². The van der Waals surface area contributed by atoms with Crippen LogP contribution in [0.1, 0.15) is 49.7 Å². The molecule has 1 saturated carbocycles. The highest BCUT2D eigenvalue weighted by atomic mass is 35.5. The normalized spacial score (nSPS) is 24.6. The highest BCUT2D eigenvalue weighted by Crippen LogP contribution is 2.51. The first-order valence-corrected chi connectivity index (χ1v) is 8.15. The molecule has 0 radical (unpaired) electrons. The molecule has 0 aromatic heterocycles. The molecular weight excluding hydrogens is 268 g/mol. The molecular formula is C17H25ClN2. The topological polar surface area (TPSA) is 29.3 Å². The minimum absolute atomic E-state index is 0.203. The second-order valence-corrected chi connectivity index (χ2v) is 7.17. The van der Waals surface area contributed by atoms with E-state index in [0.29, 0.717) is 5.92 Å². The average molecular weight is 293 g/mol. The molecule has 1 unspecified atom stereocenters. The number of piperidine rings is 1. The number of nitrogens with two attached hydrogens (primary N) is 1. The Kier molecular flexibility index (Phi) is 3.83. The summed E-state index contributed by atoms with van der Waals surface area (Å²) in [6, 6.07) is 6.94. The van der Waals surface area contributed by atoms with Gasteiger partial charge < -0.3 is 10.6 Å². The third kappa shape index (κ3) is 2.49. The number of benzene rings is 1. The number of halogens is 1. The van der Waals surface area contributed by atoms with Gasteiger partial charge in [0.15, 0.2) is 0 Å². The van der Waals surface area contributed by atoms with E-state index in [4.69, 9.17) is 17.3 Å². The van der Waals surface area contributed by atoms with Crippen LogP contribution in [-0.2, 0) is 5.41 Å². The molecule has 3 heteroatoms. The molecule has 1 atom stereocenters. The van der Waals surface area contributed by atoms with Crippen molar-refractivity contribution in [2.45, 2.75) is 50.0 Å². The third-order valence-electron chi connectivity index (χ3n) is 5.39. The molecule has 1 aromatic carbocycles. The summed E-state index contributed by atoms with van der Waals surface area (Å²) in [6.45, 7) is 4.46. The zero-order valence-electron chi connectivity index (χ0n) is 12.5. The van der Waals surface area contributed by atoms with E-state index >= 15 is 0 Å². The van der Waals surface area contributed by atoms with Gasteiger partial charge in [-0.2, -0.15) is 0 Å². The van der Waals surface area contributed by atoms with Gasteiger partial charge in [0.05, 0.1) is 0 Å². The molecule has 110 valence electrons. The fourth-order valence-corrected chi connectivity index (χ4v) is 3.96. The molecule has 1 heterocycles. The largest absolute Gasteiger partial charge is 0.327 e. The SMILES string of the molecule is CC(N)C1(c2ccc(C3CCN(C)CC3)c(Cl)c2)CC1. The van der Waals surface area contributed by atoms with Gasteiger partial charge >= 0.3 is 0 Å². The fraction of sp³-hybridized carbons (Fsp3) is 0.647. The predicted molar refractivity (Wildman–Crippen MR) is 85.5 cm³/mol.